The Morgan fingerprint density at radius 1 is 1.03 bits per heavy atom. The Bertz CT molecular complexity index is 757. The zero-order valence-electron chi connectivity index (χ0n) is 17.5. The number of anilines is 1. The molecule has 0 unspecified atom stereocenters. The van der Waals surface area contributed by atoms with Gasteiger partial charge < -0.3 is 10.2 Å². The molecule has 3 rings (SSSR count). The average molecular weight is 397 g/mol. The first-order chi connectivity index (χ1) is 14.2. The summed E-state index contributed by atoms with van der Waals surface area (Å²) in [4.78, 5) is 28.4. The Morgan fingerprint density at radius 3 is 2.41 bits per heavy atom. The number of nitrogens with zero attached hydrogens (tertiary/aromatic N) is 5. The highest BCUT2D eigenvalue weighted by molar-refractivity contribution is 6.02. The summed E-state index contributed by atoms with van der Waals surface area (Å²) in [6.07, 6.45) is 1.48. The number of hydrogen-bond acceptors (Lipinski definition) is 6. The van der Waals surface area contributed by atoms with Crippen molar-refractivity contribution in [2.24, 2.45) is 0 Å². The summed E-state index contributed by atoms with van der Waals surface area (Å²) >= 11 is 0. The molecule has 0 radical (unpaired) electrons. The van der Waals surface area contributed by atoms with Crippen molar-refractivity contribution in [3.63, 3.8) is 0 Å². The summed E-state index contributed by atoms with van der Waals surface area (Å²) in [5, 5.41) is 2.87. The lowest BCUT2D eigenvalue weighted by atomic mass is 10.2. The largest absolute Gasteiger partial charge is 0.321 e. The first-order valence-corrected chi connectivity index (χ1v) is 10.5. The predicted octanol–water partition coefficient (Wildman–Crippen LogP) is 2.19. The number of piperazine rings is 1. The van der Waals surface area contributed by atoms with E-state index in [0.717, 1.165) is 70.3 Å². The van der Waals surface area contributed by atoms with E-state index in [2.05, 4.69) is 43.8 Å². The first-order valence-electron chi connectivity index (χ1n) is 10.5. The fourth-order valence-electron chi connectivity index (χ4n) is 3.55. The maximum absolute atomic E-state index is 12.5. The highest BCUT2D eigenvalue weighted by Crippen LogP contribution is 2.10. The lowest BCUT2D eigenvalue weighted by molar-refractivity contribution is 0.102. The molecular formula is C22H32N6O. The minimum Gasteiger partial charge on any atom is -0.321 e. The van der Waals surface area contributed by atoms with Gasteiger partial charge in [0.25, 0.3) is 5.91 Å². The van der Waals surface area contributed by atoms with Crippen LogP contribution in [0.25, 0.3) is 0 Å². The molecule has 2 aromatic rings. The van der Waals surface area contributed by atoms with Crippen molar-refractivity contribution in [2.75, 3.05) is 57.7 Å². The van der Waals surface area contributed by atoms with E-state index < -0.39 is 0 Å². The van der Waals surface area contributed by atoms with Crippen LogP contribution >= 0.6 is 0 Å². The van der Waals surface area contributed by atoms with Gasteiger partial charge in [0.15, 0.2) is 0 Å². The molecule has 1 saturated heterocycles. The average Bonchev–Trinajstić information content (AvgIpc) is 2.76. The number of likely N-dealkylation sites (N-methyl/N-ethyl adjacent to an activating group) is 1. The molecule has 1 aromatic heterocycles. The van der Waals surface area contributed by atoms with E-state index in [-0.39, 0.29) is 5.91 Å². The number of benzene rings is 1. The number of hydrogen-bond donors (Lipinski definition) is 1. The van der Waals surface area contributed by atoms with Crippen LogP contribution < -0.4 is 5.32 Å². The number of amides is 1. The van der Waals surface area contributed by atoms with Crippen LogP contribution in [0, 0.1) is 0 Å². The van der Waals surface area contributed by atoms with Crippen molar-refractivity contribution in [2.45, 2.75) is 20.4 Å². The number of nitrogens with one attached hydrogen (secondary N) is 1. The van der Waals surface area contributed by atoms with Gasteiger partial charge in [-0.3, -0.25) is 14.6 Å². The van der Waals surface area contributed by atoms with Gasteiger partial charge in [0, 0.05) is 51.5 Å². The third kappa shape index (κ3) is 6.59. The third-order valence-corrected chi connectivity index (χ3v) is 5.47. The number of rotatable bonds is 9. The smallest absolute Gasteiger partial charge is 0.274 e. The monoisotopic (exact) mass is 396 g/mol. The van der Waals surface area contributed by atoms with Crippen molar-refractivity contribution in [3.05, 3.63) is 54.1 Å². The van der Waals surface area contributed by atoms with E-state index in [9.17, 15) is 4.79 Å². The molecule has 156 valence electrons. The standard InChI is InChI=1S/C22H32N6O/c1-3-26(4-2)10-11-27-12-14-28(15-13-27)17-20-16-21(24-18-23-20)22(29)25-19-8-6-5-7-9-19/h5-9,16,18H,3-4,10-15,17H2,1-2H3,(H,25,29). The van der Waals surface area contributed by atoms with Gasteiger partial charge in [-0.2, -0.15) is 0 Å². The molecule has 7 nitrogen and oxygen atoms in total. The van der Waals surface area contributed by atoms with Crippen LogP contribution in [-0.2, 0) is 6.54 Å². The highest BCUT2D eigenvalue weighted by Gasteiger charge is 2.18. The molecule has 29 heavy (non-hydrogen) atoms. The van der Waals surface area contributed by atoms with Gasteiger partial charge in [-0.15, -0.1) is 0 Å². The highest BCUT2D eigenvalue weighted by atomic mass is 16.1. The Balaban J connectivity index is 1.48. The topological polar surface area (TPSA) is 64.6 Å². The zero-order chi connectivity index (χ0) is 20.5. The molecule has 0 saturated carbocycles. The first kappa shape index (κ1) is 21.4. The molecular weight excluding hydrogens is 364 g/mol. The van der Waals surface area contributed by atoms with Gasteiger partial charge >= 0.3 is 0 Å². The maximum Gasteiger partial charge on any atom is 0.274 e. The molecule has 0 spiro atoms. The van der Waals surface area contributed by atoms with Gasteiger partial charge in [-0.05, 0) is 31.3 Å². The minimum atomic E-state index is -0.207. The van der Waals surface area contributed by atoms with Crippen LogP contribution in [0.2, 0.25) is 0 Å². The molecule has 1 aromatic carbocycles. The van der Waals surface area contributed by atoms with Crippen molar-refractivity contribution in [1.29, 1.82) is 0 Å². The lowest BCUT2D eigenvalue weighted by Gasteiger charge is -2.35. The van der Waals surface area contributed by atoms with E-state index in [1.54, 1.807) is 6.07 Å². The van der Waals surface area contributed by atoms with Crippen molar-refractivity contribution in [3.8, 4) is 0 Å². The van der Waals surface area contributed by atoms with Gasteiger partial charge in [0.05, 0.1) is 5.69 Å². The summed E-state index contributed by atoms with van der Waals surface area (Å²) in [5.41, 5.74) is 2.05. The normalized spacial score (nSPS) is 15.6. The van der Waals surface area contributed by atoms with Gasteiger partial charge in [0.2, 0.25) is 0 Å². The van der Waals surface area contributed by atoms with Crippen LogP contribution in [-0.4, -0.2) is 82.9 Å². The lowest BCUT2D eigenvalue weighted by Crippen LogP contribution is -2.48. The van der Waals surface area contributed by atoms with Crippen LogP contribution in [0.15, 0.2) is 42.7 Å². The molecule has 0 aliphatic carbocycles. The Hall–Kier alpha value is -2.35. The Kier molecular flexibility index (Phi) is 8.10. The number of carbonyl (C=O) groups is 1. The second-order valence-electron chi connectivity index (χ2n) is 7.36. The predicted molar refractivity (Wildman–Crippen MR) is 116 cm³/mol. The van der Waals surface area contributed by atoms with E-state index in [0.29, 0.717) is 5.69 Å². The van der Waals surface area contributed by atoms with E-state index >= 15 is 0 Å². The fourth-order valence-corrected chi connectivity index (χ4v) is 3.55. The van der Waals surface area contributed by atoms with Crippen LogP contribution in [0.4, 0.5) is 5.69 Å². The van der Waals surface area contributed by atoms with E-state index in [1.165, 1.54) is 6.33 Å². The zero-order valence-corrected chi connectivity index (χ0v) is 17.5. The Labute approximate surface area is 173 Å². The van der Waals surface area contributed by atoms with Gasteiger partial charge in [-0.1, -0.05) is 32.0 Å². The second kappa shape index (κ2) is 11.0. The second-order valence-corrected chi connectivity index (χ2v) is 7.36. The quantitative estimate of drug-likeness (QED) is 0.701. The molecule has 1 N–H and O–H groups in total. The molecule has 0 atom stereocenters. The van der Waals surface area contributed by atoms with Crippen molar-refractivity contribution < 1.29 is 4.79 Å². The van der Waals surface area contributed by atoms with Crippen LogP contribution in [0.1, 0.15) is 30.0 Å². The minimum absolute atomic E-state index is 0.207. The molecule has 0 bridgehead atoms. The van der Waals surface area contributed by atoms with Crippen LogP contribution in [0.5, 0.6) is 0 Å². The third-order valence-electron chi connectivity index (χ3n) is 5.47. The molecule has 1 aliphatic heterocycles. The fraction of sp³-hybridized carbons (Fsp3) is 0.500. The van der Waals surface area contributed by atoms with Crippen molar-refractivity contribution in [1.82, 2.24) is 24.7 Å². The number of aromatic nitrogens is 2. The molecule has 1 aliphatic rings. The SMILES string of the molecule is CCN(CC)CCN1CCN(Cc2cc(C(=O)Nc3ccccc3)ncn2)CC1. The molecule has 2 heterocycles. The summed E-state index contributed by atoms with van der Waals surface area (Å²) in [7, 11) is 0. The maximum atomic E-state index is 12.5. The Morgan fingerprint density at radius 2 is 1.72 bits per heavy atom. The molecule has 1 fully saturated rings. The number of para-hydroxylation sites is 1. The molecule has 7 heteroatoms. The number of carbonyl (C=O) groups excluding carboxylic acids is 1. The van der Waals surface area contributed by atoms with Gasteiger partial charge in [-0.25, -0.2) is 9.97 Å². The summed E-state index contributed by atoms with van der Waals surface area (Å²) in [5.74, 6) is -0.207. The summed E-state index contributed by atoms with van der Waals surface area (Å²) < 4.78 is 0. The van der Waals surface area contributed by atoms with Crippen molar-refractivity contribution >= 4 is 11.6 Å². The summed E-state index contributed by atoms with van der Waals surface area (Å²) in [6, 6.07) is 11.2. The molecule has 1 amide bonds. The summed E-state index contributed by atoms with van der Waals surface area (Å²) in [6.45, 7) is 13.9. The van der Waals surface area contributed by atoms with Gasteiger partial charge in [0.1, 0.15) is 12.0 Å². The van der Waals surface area contributed by atoms with E-state index in [1.807, 2.05) is 30.3 Å². The van der Waals surface area contributed by atoms with Crippen LogP contribution in [0.3, 0.4) is 0 Å². The van der Waals surface area contributed by atoms with E-state index in [4.69, 9.17) is 0 Å².